The maximum atomic E-state index is 6.10. The molecule has 0 aliphatic carbocycles. The van der Waals surface area contributed by atoms with Crippen molar-refractivity contribution in [1.29, 1.82) is 0 Å². The summed E-state index contributed by atoms with van der Waals surface area (Å²) in [6.45, 7) is 20.9. The van der Waals surface area contributed by atoms with Crippen LogP contribution in [-0.4, -0.2) is 12.3 Å². The summed E-state index contributed by atoms with van der Waals surface area (Å²) in [6.07, 6.45) is 0. The average Bonchev–Trinajstić information content (AvgIpc) is 2.72. The third kappa shape index (κ3) is 5.52. The summed E-state index contributed by atoms with van der Waals surface area (Å²) in [5, 5.41) is 2.95. The van der Waals surface area contributed by atoms with Crippen molar-refractivity contribution in [3.05, 3.63) is 77.9 Å². The molecule has 176 valence electrons. The van der Waals surface area contributed by atoms with E-state index < -0.39 is 7.92 Å². The zero-order valence-corrected chi connectivity index (χ0v) is 23.1. The van der Waals surface area contributed by atoms with Gasteiger partial charge in [-0.25, -0.2) is 0 Å². The lowest BCUT2D eigenvalue weighted by molar-refractivity contribution is 0.412. The minimum atomic E-state index is -0.588. The number of hydrogen-bond acceptors (Lipinski definition) is 1. The van der Waals surface area contributed by atoms with Crippen molar-refractivity contribution < 1.29 is 4.74 Å². The number of methoxy groups -OCH3 is 1. The fraction of sp³-hybridized carbons (Fsp3) is 0.419. The molecule has 0 aliphatic heterocycles. The highest BCUT2D eigenvalue weighted by molar-refractivity contribution is 7.74. The highest BCUT2D eigenvalue weighted by atomic mass is 31.1. The molecule has 0 aliphatic rings. The molecule has 0 amide bonds. The largest absolute Gasteiger partial charge is 0.496 e. The van der Waals surface area contributed by atoms with Gasteiger partial charge in [-0.2, -0.15) is 0 Å². The molecule has 0 radical (unpaired) electrons. The lowest BCUT2D eigenvalue weighted by Crippen LogP contribution is -2.28. The van der Waals surface area contributed by atoms with Crippen LogP contribution < -0.4 is 15.3 Å². The van der Waals surface area contributed by atoms with E-state index in [1.54, 1.807) is 0 Å². The van der Waals surface area contributed by atoms with Gasteiger partial charge in [-0.05, 0) is 57.3 Å². The standard InChI is InChI=1S/C31H41OP/c1-29(2,3)22-20-25(30(4,5)6)28(26(21-22)32-10)24-18-14-15-19-27(24)33(31(7,8)9)23-16-12-11-13-17-23/h11-21H,1-10H3. The molecule has 0 aromatic heterocycles. The van der Waals surface area contributed by atoms with Crippen molar-refractivity contribution in [3.63, 3.8) is 0 Å². The molecule has 33 heavy (non-hydrogen) atoms. The minimum absolute atomic E-state index is 0.0196. The van der Waals surface area contributed by atoms with Gasteiger partial charge in [0.25, 0.3) is 0 Å². The molecule has 0 heterocycles. The highest BCUT2D eigenvalue weighted by Gasteiger charge is 2.32. The first kappa shape index (κ1) is 25.5. The molecular weight excluding hydrogens is 419 g/mol. The quantitative estimate of drug-likeness (QED) is 0.357. The fourth-order valence-electron chi connectivity index (χ4n) is 4.42. The summed E-state index contributed by atoms with van der Waals surface area (Å²) in [6, 6.07) is 24.7. The van der Waals surface area contributed by atoms with Gasteiger partial charge in [-0.1, -0.05) is 123 Å². The van der Waals surface area contributed by atoms with Crippen LogP contribution in [0.5, 0.6) is 5.75 Å². The van der Waals surface area contributed by atoms with Crippen molar-refractivity contribution in [1.82, 2.24) is 0 Å². The Kier molecular flexibility index (Phi) is 7.16. The number of rotatable bonds is 4. The van der Waals surface area contributed by atoms with Crippen LogP contribution in [0.25, 0.3) is 11.1 Å². The Hall–Kier alpha value is -2.11. The molecule has 0 fully saturated rings. The van der Waals surface area contributed by atoms with Crippen LogP contribution in [0.2, 0.25) is 0 Å². The SMILES string of the molecule is COc1cc(C(C)(C)C)cc(C(C)(C)C)c1-c1ccccc1P(c1ccccc1)C(C)(C)C. The Morgan fingerprint density at radius 3 is 1.76 bits per heavy atom. The van der Waals surface area contributed by atoms with E-state index in [2.05, 4.69) is 129 Å². The minimum Gasteiger partial charge on any atom is -0.496 e. The first-order valence-electron chi connectivity index (χ1n) is 11.9. The summed E-state index contributed by atoms with van der Waals surface area (Å²) >= 11 is 0. The van der Waals surface area contributed by atoms with Crippen molar-refractivity contribution in [2.75, 3.05) is 7.11 Å². The van der Waals surface area contributed by atoms with Crippen LogP contribution in [0.1, 0.15) is 73.4 Å². The van der Waals surface area contributed by atoms with Gasteiger partial charge in [-0.15, -0.1) is 0 Å². The Morgan fingerprint density at radius 1 is 0.667 bits per heavy atom. The lowest BCUT2D eigenvalue weighted by Gasteiger charge is -2.35. The molecule has 1 atom stereocenters. The van der Waals surface area contributed by atoms with E-state index in [4.69, 9.17) is 4.74 Å². The topological polar surface area (TPSA) is 9.23 Å². The second kappa shape index (κ2) is 9.27. The number of hydrogen-bond donors (Lipinski definition) is 0. The number of benzene rings is 3. The molecule has 0 spiro atoms. The smallest absolute Gasteiger partial charge is 0.127 e. The summed E-state index contributed by atoms with van der Waals surface area (Å²) in [4.78, 5) is 0. The van der Waals surface area contributed by atoms with E-state index in [1.807, 2.05) is 7.11 Å². The molecule has 1 unspecified atom stereocenters. The molecule has 0 saturated heterocycles. The summed E-state index contributed by atoms with van der Waals surface area (Å²) < 4.78 is 6.10. The normalized spacial score (nSPS) is 13.6. The average molecular weight is 461 g/mol. The first-order chi connectivity index (χ1) is 15.2. The van der Waals surface area contributed by atoms with Crippen LogP contribution in [0.15, 0.2) is 66.7 Å². The third-order valence-corrected chi connectivity index (χ3v) is 9.12. The zero-order chi connectivity index (χ0) is 24.6. The molecule has 0 bridgehead atoms. The van der Waals surface area contributed by atoms with Gasteiger partial charge in [0.2, 0.25) is 0 Å². The van der Waals surface area contributed by atoms with Crippen molar-refractivity contribution in [2.24, 2.45) is 0 Å². The lowest BCUT2D eigenvalue weighted by atomic mass is 9.77. The van der Waals surface area contributed by atoms with Gasteiger partial charge in [0.05, 0.1) is 7.11 Å². The Labute approximate surface area is 203 Å². The first-order valence-corrected chi connectivity index (χ1v) is 13.3. The van der Waals surface area contributed by atoms with Gasteiger partial charge in [0, 0.05) is 5.56 Å². The Morgan fingerprint density at radius 2 is 1.24 bits per heavy atom. The maximum Gasteiger partial charge on any atom is 0.127 e. The summed E-state index contributed by atoms with van der Waals surface area (Å²) in [5.74, 6) is 0.969. The van der Waals surface area contributed by atoms with Gasteiger partial charge in [-0.3, -0.25) is 0 Å². The van der Waals surface area contributed by atoms with E-state index in [1.165, 1.54) is 32.9 Å². The van der Waals surface area contributed by atoms with E-state index in [0.29, 0.717) is 0 Å². The molecule has 2 heteroatoms. The van der Waals surface area contributed by atoms with Crippen LogP contribution in [0.3, 0.4) is 0 Å². The van der Waals surface area contributed by atoms with Crippen LogP contribution in [0, 0.1) is 0 Å². The van der Waals surface area contributed by atoms with E-state index in [-0.39, 0.29) is 16.0 Å². The van der Waals surface area contributed by atoms with Gasteiger partial charge >= 0.3 is 0 Å². The second-order valence-electron chi connectivity index (χ2n) is 12.0. The second-order valence-corrected chi connectivity index (χ2v) is 15.0. The zero-order valence-electron chi connectivity index (χ0n) is 22.2. The van der Waals surface area contributed by atoms with Gasteiger partial charge in [0.15, 0.2) is 0 Å². The van der Waals surface area contributed by atoms with Gasteiger partial charge in [0.1, 0.15) is 5.75 Å². The predicted molar refractivity (Wildman–Crippen MR) is 148 cm³/mol. The van der Waals surface area contributed by atoms with Crippen LogP contribution in [-0.2, 0) is 10.8 Å². The fourth-order valence-corrected chi connectivity index (χ4v) is 7.33. The Bertz CT molecular complexity index is 1090. The molecule has 0 saturated carbocycles. The molecular formula is C31H41OP. The third-order valence-electron chi connectivity index (χ3n) is 6.10. The predicted octanol–water partition coefficient (Wildman–Crippen LogP) is 8.19. The van der Waals surface area contributed by atoms with E-state index in [0.717, 1.165) is 5.75 Å². The summed E-state index contributed by atoms with van der Waals surface area (Å²) in [5.41, 5.74) is 5.22. The molecule has 3 rings (SSSR count). The molecule has 3 aromatic carbocycles. The van der Waals surface area contributed by atoms with Crippen LogP contribution in [0.4, 0.5) is 0 Å². The maximum absolute atomic E-state index is 6.10. The molecule has 1 nitrogen and oxygen atoms in total. The monoisotopic (exact) mass is 460 g/mol. The van der Waals surface area contributed by atoms with Crippen molar-refractivity contribution in [3.8, 4) is 16.9 Å². The van der Waals surface area contributed by atoms with Gasteiger partial charge < -0.3 is 4.74 Å². The molecule has 3 aromatic rings. The molecule has 0 N–H and O–H groups in total. The van der Waals surface area contributed by atoms with E-state index in [9.17, 15) is 0 Å². The summed E-state index contributed by atoms with van der Waals surface area (Å²) in [7, 11) is 1.22. The number of ether oxygens (including phenoxy) is 1. The van der Waals surface area contributed by atoms with Crippen molar-refractivity contribution in [2.45, 2.75) is 78.3 Å². The van der Waals surface area contributed by atoms with E-state index >= 15 is 0 Å². The van der Waals surface area contributed by atoms with Crippen molar-refractivity contribution >= 4 is 18.5 Å². The highest BCUT2D eigenvalue weighted by Crippen LogP contribution is 2.51. The Balaban J connectivity index is 2.40. The van der Waals surface area contributed by atoms with Crippen LogP contribution >= 0.6 is 7.92 Å².